The number of benzene rings is 1. The first kappa shape index (κ1) is 13.2. The van der Waals surface area contributed by atoms with E-state index in [1.807, 2.05) is 0 Å². The summed E-state index contributed by atoms with van der Waals surface area (Å²) < 4.78 is 14.7. The number of hydrogen-bond acceptors (Lipinski definition) is 3. The Morgan fingerprint density at radius 1 is 1.21 bits per heavy atom. The molecule has 2 nitrogen and oxygen atoms in total. The highest BCUT2D eigenvalue weighted by Gasteiger charge is 2.16. The molecule has 0 saturated heterocycles. The molecule has 19 heavy (non-hydrogen) atoms. The topological polar surface area (TPSA) is 25.8 Å². The second kappa shape index (κ2) is 4.98. The predicted octanol–water partition coefficient (Wildman–Crippen LogP) is 5.57. The van der Waals surface area contributed by atoms with Gasteiger partial charge in [-0.05, 0) is 28.1 Å². The van der Waals surface area contributed by atoms with Crippen molar-refractivity contribution in [3.05, 3.63) is 44.9 Å². The van der Waals surface area contributed by atoms with Crippen LogP contribution in [0.3, 0.4) is 0 Å². The number of halogens is 4. The van der Waals surface area contributed by atoms with E-state index in [2.05, 4.69) is 25.9 Å². The first-order chi connectivity index (χ1) is 9.08. The standard InChI is InChI=1S/C12H4BrCl2FN2S/c13-11-9(16)10-7(4-17-11)19-12(18-10)8-5(14)2-1-3-6(8)15/h1-4H. The van der Waals surface area contributed by atoms with E-state index in [0.717, 1.165) is 0 Å². The SMILES string of the molecule is Fc1c(Br)ncc2sc(-c3c(Cl)cccc3Cl)nc12. The number of nitrogens with zero attached hydrogens (tertiary/aromatic N) is 2. The van der Waals surface area contributed by atoms with Crippen LogP contribution in [0.4, 0.5) is 4.39 Å². The average molecular weight is 378 g/mol. The van der Waals surface area contributed by atoms with Crippen LogP contribution in [0.15, 0.2) is 29.0 Å². The zero-order valence-electron chi connectivity index (χ0n) is 9.12. The van der Waals surface area contributed by atoms with Crippen molar-refractivity contribution in [1.82, 2.24) is 9.97 Å². The smallest absolute Gasteiger partial charge is 0.183 e. The van der Waals surface area contributed by atoms with E-state index in [0.29, 0.717) is 25.3 Å². The normalized spacial score (nSPS) is 11.2. The zero-order valence-corrected chi connectivity index (χ0v) is 13.0. The molecule has 0 bridgehead atoms. The number of pyridine rings is 1. The summed E-state index contributed by atoms with van der Waals surface area (Å²) in [5, 5.41) is 1.54. The molecule has 0 aliphatic rings. The summed E-state index contributed by atoms with van der Waals surface area (Å²) in [6.07, 6.45) is 1.56. The molecule has 3 aromatic rings. The van der Waals surface area contributed by atoms with Crippen molar-refractivity contribution >= 4 is 60.7 Å². The molecular weight excluding hydrogens is 374 g/mol. The summed E-state index contributed by atoms with van der Waals surface area (Å²) in [7, 11) is 0. The van der Waals surface area contributed by atoms with Crippen LogP contribution in [0.1, 0.15) is 0 Å². The second-order valence-corrected chi connectivity index (χ2v) is 6.29. The van der Waals surface area contributed by atoms with Crippen LogP contribution in [0, 0.1) is 5.82 Å². The van der Waals surface area contributed by atoms with E-state index in [4.69, 9.17) is 23.2 Å². The van der Waals surface area contributed by atoms with Crippen LogP contribution < -0.4 is 0 Å². The second-order valence-electron chi connectivity index (χ2n) is 3.69. The number of thiazole rings is 1. The van der Waals surface area contributed by atoms with Gasteiger partial charge >= 0.3 is 0 Å². The van der Waals surface area contributed by atoms with Gasteiger partial charge in [-0.15, -0.1) is 11.3 Å². The van der Waals surface area contributed by atoms with Crippen LogP contribution >= 0.6 is 50.5 Å². The van der Waals surface area contributed by atoms with Gasteiger partial charge in [-0.2, -0.15) is 0 Å². The Morgan fingerprint density at radius 3 is 2.58 bits per heavy atom. The molecule has 0 spiro atoms. The minimum atomic E-state index is -0.483. The fourth-order valence-electron chi connectivity index (χ4n) is 1.66. The maximum absolute atomic E-state index is 13.9. The molecule has 3 rings (SSSR count). The van der Waals surface area contributed by atoms with Crippen molar-refractivity contribution < 1.29 is 4.39 Å². The van der Waals surface area contributed by atoms with Crippen LogP contribution in [0.5, 0.6) is 0 Å². The third-order valence-corrected chi connectivity index (χ3v) is 4.70. The van der Waals surface area contributed by atoms with E-state index in [1.54, 1.807) is 24.4 Å². The van der Waals surface area contributed by atoms with Gasteiger partial charge in [0.05, 0.1) is 14.7 Å². The van der Waals surface area contributed by atoms with Gasteiger partial charge in [-0.1, -0.05) is 29.3 Å². The van der Waals surface area contributed by atoms with Gasteiger partial charge in [0.1, 0.15) is 15.1 Å². The van der Waals surface area contributed by atoms with Gasteiger partial charge in [0.2, 0.25) is 0 Å². The third-order valence-electron chi connectivity index (χ3n) is 2.51. The molecule has 0 aliphatic heterocycles. The van der Waals surface area contributed by atoms with Gasteiger partial charge in [-0.25, -0.2) is 14.4 Å². The largest absolute Gasteiger partial charge is 0.245 e. The Kier molecular flexibility index (Phi) is 3.47. The quantitative estimate of drug-likeness (QED) is 0.518. The molecule has 0 unspecified atom stereocenters. The highest BCUT2D eigenvalue weighted by Crippen LogP contribution is 2.39. The van der Waals surface area contributed by atoms with E-state index in [9.17, 15) is 4.39 Å². The lowest BCUT2D eigenvalue weighted by molar-refractivity contribution is 0.623. The first-order valence-electron chi connectivity index (χ1n) is 5.13. The summed E-state index contributed by atoms with van der Waals surface area (Å²) in [6, 6.07) is 5.19. The minimum absolute atomic E-state index is 0.141. The first-order valence-corrected chi connectivity index (χ1v) is 7.49. The van der Waals surface area contributed by atoms with Crippen LogP contribution in [0.2, 0.25) is 10.0 Å². The van der Waals surface area contributed by atoms with E-state index in [1.165, 1.54) is 11.3 Å². The van der Waals surface area contributed by atoms with Gasteiger partial charge < -0.3 is 0 Å². The van der Waals surface area contributed by atoms with Gasteiger partial charge in [0.15, 0.2) is 5.82 Å². The van der Waals surface area contributed by atoms with Gasteiger partial charge in [0, 0.05) is 11.8 Å². The Bertz CT molecular complexity index is 770. The lowest BCUT2D eigenvalue weighted by Gasteiger charge is -2.01. The lowest BCUT2D eigenvalue weighted by atomic mass is 10.2. The van der Waals surface area contributed by atoms with Crippen LogP contribution in [-0.4, -0.2) is 9.97 Å². The number of aromatic nitrogens is 2. The number of hydrogen-bond donors (Lipinski definition) is 0. The minimum Gasteiger partial charge on any atom is -0.245 e. The van der Waals surface area contributed by atoms with Crippen molar-refractivity contribution in [3.63, 3.8) is 0 Å². The third kappa shape index (κ3) is 2.25. The zero-order chi connectivity index (χ0) is 13.6. The molecule has 0 fully saturated rings. The molecule has 0 saturated carbocycles. The molecule has 96 valence electrons. The molecule has 0 amide bonds. The van der Waals surface area contributed by atoms with Crippen molar-refractivity contribution in [1.29, 1.82) is 0 Å². The summed E-state index contributed by atoms with van der Waals surface area (Å²) in [4.78, 5) is 8.17. The Hall–Kier alpha value is -0.750. The fraction of sp³-hybridized carbons (Fsp3) is 0. The average Bonchev–Trinajstić information content (AvgIpc) is 2.78. The molecule has 0 aliphatic carbocycles. The molecule has 7 heteroatoms. The van der Waals surface area contributed by atoms with Crippen molar-refractivity contribution in [2.24, 2.45) is 0 Å². The van der Waals surface area contributed by atoms with Crippen molar-refractivity contribution in [3.8, 4) is 10.6 Å². The van der Waals surface area contributed by atoms with Gasteiger partial charge in [-0.3, -0.25) is 0 Å². The highest BCUT2D eigenvalue weighted by molar-refractivity contribution is 9.10. The summed E-state index contributed by atoms with van der Waals surface area (Å²) in [5.41, 5.74) is 0.875. The van der Waals surface area contributed by atoms with Crippen molar-refractivity contribution in [2.75, 3.05) is 0 Å². The molecule has 0 atom stereocenters. The van der Waals surface area contributed by atoms with E-state index in [-0.39, 0.29) is 10.1 Å². The fourth-order valence-corrected chi connectivity index (χ4v) is 3.64. The van der Waals surface area contributed by atoms with Crippen LogP contribution in [0.25, 0.3) is 20.8 Å². The maximum Gasteiger partial charge on any atom is 0.183 e. The number of rotatable bonds is 1. The van der Waals surface area contributed by atoms with Crippen LogP contribution in [-0.2, 0) is 0 Å². The monoisotopic (exact) mass is 376 g/mol. The maximum atomic E-state index is 13.9. The summed E-state index contributed by atoms with van der Waals surface area (Å²) in [5.74, 6) is -0.483. The highest BCUT2D eigenvalue weighted by atomic mass is 79.9. The molecule has 0 N–H and O–H groups in total. The molecule has 2 aromatic heterocycles. The van der Waals surface area contributed by atoms with E-state index < -0.39 is 5.82 Å². The lowest BCUT2D eigenvalue weighted by Crippen LogP contribution is -1.84. The van der Waals surface area contributed by atoms with Crippen molar-refractivity contribution in [2.45, 2.75) is 0 Å². The molecule has 2 heterocycles. The van der Waals surface area contributed by atoms with E-state index >= 15 is 0 Å². The predicted molar refractivity (Wildman–Crippen MR) is 80.5 cm³/mol. The molecule has 0 radical (unpaired) electrons. The van der Waals surface area contributed by atoms with Gasteiger partial charge in [0.25, 0.3) is 0 Å². The Morgan fingerprint density at radius 2 is 1.89 bits per heavy atom. The summed E-state index contributed by atoms with van der Waals surface area (Å²) in [6.45, 7) is 0. The Balaban J connectivity index is 2.30. The Labute approximate surface area is 130 Å². The number of fused-ring (bicyclic) bond motifs is 1. The summed E-state index contributed by atoms with van der Waals surface area (Å²) >= 11 is 16.6. The molecule has 1 aromatic carbocycles. The molecular formula is C12H4BrCl2FN2S.